The molecule has 1 aromatic rings. The number of aliphatic hydroxyl groups excluding tert-OH is 1. The minimum Gasteiger partial charge on any atom is -0.392 e. The Morgan fingerprint density at radius 1 is 1.33 bits per heavy atom. The number of hydrogen-bond donors (Lipinski definition) is 1. The zero-order valence-corrected chi connectivity index (χ0v) is 12.4. The van der Waals surface area contributed by atoms with Crippen molar-refractivity contribution in [1.29, 1.82) is 0 Å². The SMILES string of the molecule is CC(O)CN(Cc1cn(C(C)(C)C)nn1)C(C)C. The largest absolute Gasteiger partial charge is 0.392 e. The number of hydrogen-bond acceptors (Lipinski definition) is 4. The lowest BCUT2D eigenvalue weighted by molar-refractivity contribution is 0.102. The molecule has 5 heteroatoms. The highest BCUT2D eigenvalue weighted by molar-refractivity contribution is 4.95. The third-order valence-corrected chi connectivity index (χ3v) is 2.82. The standard InChI is InChI=1S/C13H26N4O/c1-10(2)16(7-11(3)18)8-12-9-17(15-14-12)13(4,5)6/h9-11,18H,7-8H2,1-6H3. The predicted molar refractivity (Wildman–Crippen MR) is 72.2 cm³/mol. The van der Waals surface area contributed by atoms with E-state index in [1.165, 1.54) is 0 Å². The Hall–Kier alpha value is -0.940. The summed E-state index contributed by atoms with van der Waals surface area (Å²) >= 11 is 0. The van der Waals surface area contributed by atoms with E-state index in [-0.39, 0.29) is 11.6 Å². The van der Waals surface area contributed by atoms with E-state index in [0.717, 1.165) is 12.2 Å². The summed E-state index contributed by atoms with van der Waals surface area (Å²) in [4.78, 5) is 2.20. The molecule has 0 aromatic carbocycles. The van der Waals surface area contributed by atoms with Crippen LogP contribution in [-0.2, 0) is 12.1 Å². The summed E-state index contributed by atoms with van der Waals surface area (Å²) < 4.78 is 1.88. The average molecular weight is 254 g/mol. The molecule has 0 aliphatic carbocycles. The van der Waals surface area contributed by atoms with Crippen LogP contribution in [0.3, 0.4) is 0 Å². The summed E-state index contributed by atoms with van der Waals surface area (Å²) in [6, 6.07) is 0.374. The molecule has 0 spiro atoms. The molecular weight excluding hydrogens is 228 g/mol. The third-order valence-electron chi connectivity index (χ3n) is 2.82. The molecule has 1 atom stereocenters. The number of rotatable bonds is 5. The molecule has 5 nitrogen and oxygen atoms in total. The summed E-state index contributed by atoms with van der Waals surface area (Å²) in [5, 5.41) is 17.9. The van der Waals surface area contributed by atoms with Crippen molar-refractivity contribution in [1.82, 2.24) is 19.9 Å². The molecule has 0 aliphatic heterocycles. The summed E-state index contributed by atoms with van der Waals surface area (Å²) in [6.07, 6.45) is 1.65. The van der Waals surface area contributed by atoms with Gasteiger partial charge in [0.2, 0.25) is 0 Å². The normalized spacial score (nSPS) is 14.5. The maximum absolute atomic E-state index is 9.50. The Morgan fingerprint density at radius 3 is 2.33 bits per heavy atom. The van der Waals surface area contributed by atoms with Gasteiger partial charge in [0, 0.05) is 19.1 Å². The first-order valence-corrected chi connectivity index (χ1v) is 6.54. The zero-order chi connectivity index (χ0) is 13.9. The van der Waals surface area contributed by atoms with Crippen LogP contribution in [-0.4, -0.2) is 43.7 Å². The van der Waals surface area contributed by atoms with Crippen molar-refractivity contribution < 1.29 is 5.11 Å². The Kier molecular flexibility index (Phi) is 4.87. The van der Waals surface area contributed by atoms with Crippen LogP contribution in [0.15, 0.2) is 6.20 Å². The van der Waals surface area contributed by atoms with Gasteiger partial charge in [0.25, 0.3) is 0 Å². The van der Waals surface area contributed by atoms with Crippen molar-refractivity contribution in [2.45, 2.75) is 65.8 Å². The molecular formula is C13H26N4O. The van der Waals surface area contributed by atoms with Gasteiger partial charge in [-0.05, 0) is 41.5 Å². The lowest BCUT2D eigenvalue weighted by Gasteiger charge is -2.26. The second kappa shape index (κ2) is 5.80. The van der Waals surface area contributed by atoms with E-state index in [0.29, 0.717) is 12.6 Å². The summed E-state index contributed by atoms with van der Waals surface area (Å²) in [5.41, 5.74) is 0.900. The van der Waals surface area contributed by atoms with Gasteiger partial charge in [0.05, 0.1) is 23.5 Å². The monoisotopic (exact) mass is 254 g/mol. The van der Waals surface area contributed by atoms with Crippen molar-refractivity contribution in [3.63, 3.8) is 0 Å². The lowest BCUT2D eigenvalue weighted by atomic mass is 10.1. The van der Waals surface area contributed by atoms with E-state index in [4.69, 9.17) is 0 Å². The minimum atomic E-state index is -0.329. The third kappa shape index (κ3) is 4.38. The van der Waals surface area contributed by atoms with Gasteiger partial charge in [-0.2, -0.15) is 0 Å². The van der Waals surface area contributed by atoms with Gasteiger partial charge in [-0.25, -0.2) is 4.68 Å². The molecule has 0 saturated heterocycles. The van der Waals surface area contributed by atoms with Crippen molar-refractivity contribution in [2.75, 3.05) is 6.54 Å². The van der Waals surface area contributed by atoms with Crippen LogP contribution in [0, 0.1) is 0 Å². The molecule has 0 radical (unpaired) electrons. The molecule has 1 unspecified atom stereocenters. The molecule has 0 amide bonds. The predicted octanol–water partition coefficient (Wildman–Crippen LogP) is 1.62. The van der Waals surface area contributed by atoms with Crippen LogP contribution in [0.4, 0.5) is 0 Å². The summed E-state index contributed by atoms with van der Waals surface area (Å²) in [6.45, 7) is 13.7. The zero-order valence-electron chi connectivity index (χ0n) is 12.4. The fraction of sp³-hybridized carbons (Fsp3) is 0.846. The Morgan fingerprint density at radius 2 is 1.94 bits per heavy atom. The Labute approximate surface area is 110 Å². The minimum absolute atomic E-state index is 0.0435. The van der Waals surface area contributed by atoms with Gasteiger partial charge in [-0.15, -0.1) is 5.10 Å². The van der Waals surface area contributed by atoms with Crippen molar-refractivity contribution in [2.24, 2.45) is 0 Å². The van der Waals surface area contributed by atoms with E-state index >= 15 is 0 Å². The van der Waals surface area contributed by atoms with Crippen LogP contribution in [0.5, 0.6) is 0 Å². The fourth-order valence-corrected chi connectivity index (χ4v) is 1.70. The van der Waals surface area contributed by atoms with Crippen molar-refractivity contribution >= 4 is 0 Å². The number of aromatic nitrogens is 3. The lowest BCUT2D eigenvalue weighted by Crippen LogP contribution is -2.36. The van der Waals surface area contributed by atoms with Crippen LogP contribution >= 0.6 is 0 Å². The number of aliphatic hydroxyl groups is 1. The first-order chi connectivity index (χ1) is 8.20. The molecule has 18 heavy (non-hydrogen) atoms. The van der Waals surface area contributed by atoms with Crippen molar-refractivity contribution in [3.05, 3.63) is 11.9 Å². The van der Waals surface area contributed by atoms with Gasteiger partial charge < -0.3 is 5.11 Å². The van der Waals surface area contributed by atoms with Gasteiger partial charge >= 0.3 is 0 Å². The second-order valence-corrected chi connectivity index (χ2v) is 6.20. The second-order valence-electron chi connectivity index (χ2n) is 6.20. The Balaban J connectivity index is 2.73. The first kappa shape index (κ1) is 15.1. The maximum Gasteiger partial charge on any atom is 0.0967 e. The first-order valence-electron chi connectivity index (χ1n) is 6.54. The summed E-state index contributed by atoms with van der Waals surface area (Å²) in [5.74, 6) is 0. The molecule has 0 aliphatic rings. The van der Waals surface area contributed by atoms with E-state index in [2.05, 4.69) is 49.8 Å². The van der Waals surface area contributed by atoms with Gasteiger partial charge in [-0.1, -0.05) is 5.21 Å². The summed E-state index contributed by atoms with van der Waals surface area (Å²) in [7, 11) is 0. The Bertz CT molecular complexity index is 365. The molecule has 1 heterocycles. The molecule has 1 aromatic heterocycles. The quantitative estimate of drug-likeness (QED) is 0.867. The number of nitrogens with zero attached hydrogens (tertiary/aromatic N) is 4. The van der Waals surface area contributed by atoms with E-state index < -0.39 is 0 Å². The highest BCUT2D eigenvalue weighted by Crippen LogP contribution is 2.13. The van der Waals surface area contributed by atoms with E-state index in [1.54, 1.807) is 6.92 Å². The van der Waals surface area contributed by atoms with Crippen LogP contribution in [0.2, 0.25) is 0 Å². The van der Waals surface area contributed by atoms with Gasteiger partial charge in [-0.3, -0.25) is 4.90 Å². The van der Waals surface area contributed by atoms with Crippen molar-refractivity contribution in [3.8, 4) is 0 Å². The van der Waals surface area contributed by atoms with Crippen LogP contribution < -0.4 is 0 Å². The highest BCUT2D eigenvalue weighted by atomic mass is 16.3. The molecule has 104 valence electrons. The average Bonchev–Trinajstić information content (AvgIpc) is 2.63. The van der Waals surface area contributed by atoms with Crippen LogP contribution in [0.1, 0.15) is 47.2 Å². The molecule has 1 N–H and O–H groups in total. The topological polar surface area (TPSA) is 54.2 Å². The molecule has 0 fully saturated rings. The smallest absolute Gasteiger partial charge is 0.0967 e. The maximum atomic E-state index is 9.50. The van der Waals surface area contributed by atoms with E-state index in [1.807, 2.05) is 10.9 Å². The fourth-order valence-electron chi connectivity index (χ4n) is 1.70. The molecule has 1 rings (SSSR count). The van der Waals surface area contributed by atoms with Gasteiger partial charge in [0.1, 0.15) is 0 Å². The van der Waals surface area contributed by atoms with E-state index in [9.17, 15) is 5.11 Å². The molecule has 0 bridgehead atoms. The van der Waals surface area contributed by atoms with Gasteiger partial charge in [0.15, 0.2) is 0 Å². The van der Waals surface area contributed by atoms with Crippen LogP contribution in [0.25, 0.3) is 0 Å². The highest BCUT2D eigenvalue weighted by Gasteiger charge is 2.18. The molecule has 0 saturated carbocycles.